The number of ether oxygens (including phenoxy) is 1. The average molecular weight is 325 g/mol. The molecule has 0 heterocycles. The smallest absolute Gasteiger partial charge is 0.226 e. The normalized spacial score (nSPS) is 15.4. The Bertz CT molecular complexity index is 373. The highest BCUT2D eigenvalue weighted by molar-refractivity contribution is 8.33. The van der Waals surface area contributed by atoms with Crippen LogP contribution in [0.4, 0.5) is 0 Å². The zero-order chi connectivity index (χ0) is 13.8. The first-order valence-electron chi connectivity index (χ1n) is 5.18. The van der Waals surface area contributed by atoms with Crippen LogP contribution in [0.25, 0.3) is 0 Å². The van der Waals surface area contributed by atoms with Crippen molar-refractivity contribution in [3.8, 4) is 0 Å². The Hall–Kier alpha value is 0.480. The van der Waals surface area contributed by atoms with Gasteiger partial charge in [0.25, 0.3) is 0 Å². The van der Waals surface area contributed by atoms with Crippen molar-refractivity contribution in [1.82, 2.24) is 0 Å². The minimum absolute atomic E-state index is 0.532. The molecule has 1 rings (SSSR count). The molecule has 0 bridgehead atoms. The Kier molecular flexibility index (Phi) is 6.22. The van der Waals surface area contributed by atoms with Crippen molar-refractivity contribution in [2.75, 3.05) is 25.9 Å². The van der Waals surface area contributed by atoms with Crippen LogP contribution in [-0.2, 0) is 10.5 Å². The van der Waals surface area contributed by atoms with E-state index in [1.807, 2.05) is 18.8 Å². The van der Waals surface area contributed by atoms with E-state index in [2.05, 4.69) is 0 Å². The molecular formula is C12H17ClO2S3. The van der Waals surface area contributed by atoms with Crippen molar-refractivity contribution in [1.29, 1.82) is 0 Å². The van der Waals surface area contributed by atoms with E-state index in [0.29, 0.717) is 10.6 Å². The average Bonchev–Trinajstić information content (AvgIpc) is 2.41. The van der Waals surface area contributed by atoms with Crippen molar-refractivity contribution in [3.63, 3.8) is 0 Å². The van der Waals surface area contributed by atoms with Crippen LogP contribution in [0.3, 0.4) is 0 Å². The topological polar surface area (TPSA) is 29.5 Å². The van der Waals surface area contributed by atoms with Crippen LogP contribution in [0.2, 0.25) is 5.02 Å². The number of aliphatic hydroxyl groups is 1. The number of hydrogen-bond donors (Lipinski definition) is 1. The number of hydrogen-bond acceptors (Lipinski definition) is 5. The van der Waals surface area contributed by atoms with Gasteiger partial charge < -0.3 is 9.84 Å². The minimum atomic E-state index is -1.38. The summed E-state index contributed by atoms with van der Waals surface area (Å²) in [7, 11) is 1.52. The molecule has 0 amide bonds. The summed E-state index contributed by atoms with van der Waals surface area (Å²) < 4.78 is 4.92. The van der Waals surface area contributed by atoms with E-state index in [4.69, 9.17) is 16.3 Å². The molecule has 1 N–H and O–H groups in total. The lowest BCUT2D eigenvalue weighted by molar-refractivity contribution is -0.186. The molecule has 0 aliphatic heterocycles. The second-order valence-corrected chi connectivity index (χ2v) is 7.80. The van der Waals surface area contributed by atoms with Gasteiger partial charge in [-0.1, -0.05) is 23.7 Å². The highest BCUT2D eigenvalue weighted by atomic mass is 35.5. The van der Waals surface area contributed by atoms with Crippen molar-refractivity contribution in [2.24, 2.45) is 0 Å². The summed E-state index contributed by atoms with van der Waals surface area (Å²) in [6.45, 7) is 0. The molecule has 0 radical (unpaired) electrons. The van der Waals surface area contributed by atoms with E-state index in [-0.39, 0.29) is 0 Å². The molecule has 18 heavy (non-hydrogen) atoms. The highest BCUT2D eigenvalue weighted by Crippen LogP contribution is 2.55. The standard InChI is InChI=1S/C12H17ClO2S3/c1-15-11(14,12(16-2,17-3)18-4)9-5-7-10(13)8-6-9/h5-8,14H,1-4H3. The van der Waals surface area contributed by atoms with Gasteiger partial charge in [-0.05, 0) is 30.9 Å². The fourth-order valence-electron chi connectivity index (χ4n) is 1.76. The molecule has 0 saturated carbocycles. The van der Waals surface area contributed by atoms with Crippen LogP contribution in [0.1, 0.15) is 5.56 Å². The third-order valence-corrected chi connectivity index (χ3v) is 8.45. The van der Waals surface area contributed by atoms with Crippen LogP contribution in [-0.4, -0.2) is 34.4 Å². The summed E-state index contributed by atoms with van der Waals surface area (Å²) in [6.07, 6.45) is 5.90. The van der Waals surface area contributed by atoms with E-state index in [1.165, 1.54) is 7.11 Å². The maximum atomic E-state index is 11.0. The molecule has 102 valence electrons. The molecule has 1 unspecified atom stereocenters. The molecule has 0 aromatic heterocycles. The summed E-state index contributed by atoms with van der Waals surface area (Å²) in [5.74, 6) is -1.38. The number of halogens is 1. The first-order chi connectivity index (χ1) is 8.49. The van der Waals surface area contributed by atoms with Gasteiger partial charge in [0.2, 0.25) is 5.79 Å². The molecule has 1 atom stereocenters. The fraction of sp³-hybridized carbons (Fsp3) is 0.500. The SMILES string of the molecule is COC(O)(c1ccc(Cl)cc1)C(SC)(SC)SC. The summed E-state index contributed by atoms with van der Waals surface area (Å²) in [5, 5.41) is 11.6. The maximum absolute atomic E-state index is 11.0. The van der Waals surface area contributed by atoms with Gasteiger partial charge in [-0.15, -0.1) is 35.3 Å². The Morgan fingerprint density at radius 2 is 1.50 bits per heavy atom. The van der Waals surface area contributed by atoms with Gasteiger partial charge in [-0.2, -0.15) is 0 Å². The van der Waals surface area contributed by atoms with E-state index < -0.39 is 9.20 Å². The van der Waals surface area contributed by atoms with Gasteiger partial charge >= 0.3 is 0 Å². The van der Waals surface area contributed by atoms with E-state index in [9.17, 15) is 5.11 Å². The summed E-state index contributed by atoms with van der Waals surface area (Å²) in [4.78, 5) is 0. The predicted octanol–water partition coefficient (Wildman–Crippen LogP) is 3.87. The summed E-state index contributed by atoms with van der Waals surface area (Å²) >= 11 is 10.6. The Labute approximate surface area is 126 Å². The van der Waals surface area contributed by atoms with Gasteiger partial charge in [-0.3, -0.25) is 0 Å². The van der Waals surface area contributed by atoms with Gasteiger partial charge in [0.1, 0.15) is 0 Å². The van der Waals surface area contributed by atoms with Crippen LogP contribution < -0.4 is 0 Å². The second-order valence-electron chi connectivity index (χ2n) is 3.52. The van der Waals surface area contributed by atoms with E-state index in [0.717, 1.165) is 0 Å². The third kappa shape index (κ3) is 2.81. The van der Waals surface area contributed by atoms with Crippen molar-refractivity contribution in [3.05, 3.63) is 34.9 Å². The highest BCUT2D eigenvalue weighted by Gasteiger charge is 2.51. The van der Waals surface area contributed by atoms with Crippen molar-refractivity contribution < 1.29 is 9.84 Å². The van der Waals surface area contributed by atoms with Crippen LogP contribution >= 0.6 is 46.9 Å². The lowest BCUT2D eigenvalue weighted by Gasteiger charge is -2.42. The Balaban J connectivity index is 3.30. The molecule has 0 spiro atoms. The van der Waals surface area contributed by atoms with E-state index >= 15 is 0 Å². The van der Waals surface area contributed by atoms with Gasteiger partial charge in [0.05, 0.1) is 0 Å². The number of methoxy groups -OCH3 is 1. The summed E-state index contributed by atoms with van der Waals surface area (Å²) in [6, 6.07) is 7.10. The molecule has 0 saturated heterocycles. The molecule has 0 aliphatic carbocycles. The van der Waals surface area contributed by atoms with Gasteiger partial charge in [0.15, 0.2) is 3.41 Å². The lowest BCUT2D eigenvalue weighted by atomic mass is 10.1. The number of thioether (sulfide) groups is 3. The molecule has 0 aliphatic rings. The molecule has 1 aromatic rings. The number of rotatable bonds is 6. The van der Waals surface area contributed by atoms with Gasteiger partial charge in [-0.25, -0.2) is 0 Å². The molecule has 2 nitrogen and oxygen atoms in total. The van der Waals surface area contributed by atoms with Crippen LogP contribution in [0.5, 0.6) is 0 Å². The van der Waals surface area contributed by atoms with E-state index in [1.54, 1.807) is 59.6 Å². The maximum Gasteiger partial charge on any atom is 0.226 e. The summed E-state index contributed by atoms with van der Waals surface area (Å²) in [5.41, 5.74) is 0.701. The van der Waals surface area contributed by atoms with Crippen LogP contribution in [0, 0.1) is 0 Å². The third-order valence-electron chi connectivity index (χ3n) is 2.75. The monoisotopic (exact) mass is 324 g/mol. The Morgan fingerprint density at radius 1 is 1.06 bits per heavy atom. The second kappa shape index (κ2) is 6.77. The van der Waals surface area contributed by atoms with Gasteiger partial charge in [0, 0.05) is 17.7 Å². The lowest BCUT2D eigenvalue weighted by Crippen LogP contribution is -2.46. The predicted molar refractivity (Wildman–Crippen MR) is 85.6 cm³/mol. The Morgan fingerprint density at radius 3 is 1.83 bits per heavy atom. The molecule has 6 heteroatoms. The minimum Gasteiger partial charge on any atom is -0.359 e. The quantitative estimate of drug-likeness (QED) is 0.802. The largest absolute Gasteiger partial charge is 0.359 e. The molecular weight excluding hydrogens is 308 g/mol. The fourth-order valence-corrected chi connectivity index (χ4v) is 5.32. The zero-order valence-corrected chi connectivity index (χ0v) is 14.0. The van der Waals surface area contributed by atoms with Crippen molar-refractivity contribution in [2.45, 2.75) is 9.20 Å². The molecule has 1 aromatic carbocycles. The molecule has 0 fully saturated rings. The first-order valence-corrected chi connectivity index (χ1v) is 9.24. The zero-order valence-electron chi connectivity index (χ0n) is 10.8. The van der Waals surface area contributed by atoms with Crippen molar-refractivity contribution >= 4 is 46.9 Å². The first kappa shape index (κ1) is 16.5. The van der Waals surface area contributed by atoms with Crippen LogP contribution in [0.15, 0.2) is 24.3 Å². The number of benzene rings is 1.